The van der Waals surface area contributed by atoms with Crippen molar-refractivity contribution in [3.8, 4) is 5.95 Å². The molecule has 0 amide bonds. The van der Waals surface area contributed by atoms with E-state index in [9.17, 15) is 8.42 Å². The van der Waals surface area contributed by atoms with E-state index >= 15 is 0 Å². The maximum absolute atomic E-state index is 11.4. The van der Waals surface area contributed by atoms with Gasteiger partial charge in [-0.15, -0.1) is 0 Å². The molecule has 0 fully saturated rings. The molecule has 0 aliphatic carbocycles. The fraction of sp³-hybridized carbons (Fsp3) is 0.400. The Morgan fingerprint density at radius 2 is 2.15 bits per heavy atom. The summed E-state index contributed by atoms with van der Waals surface area (Å²) in [6.07, 6.45) is 3.25. The van der Waals surface area contributed by atoms with Crippen LogP contribution < -0.4 is 5.32 Å². The molecule has 0 spiro atoms. The van der Waals surface area contributed by atoms with Gasteiger partial charge in [0.1, 0.15) is 0 Å². The molecule has 20 heavy (non-hydrogen) atoms. The third kappa shape index (κ3) is 3.87. The monoisotopic (exact) mass is 316 g/mol. The number of hydrogen-bond acceptors (Lipinski definition) is 7. The Bertz CT molecular complexity index is 673. The lowest BCUT2D eigenvalue weighted by Crippen LogP contribution is -2.19. The van der Waals surface area contributed by atoms with Gasteiger partial charge in [0.2, 0.25) is 11.2 Å². The van der Waals surface area contributed by atoms with Crippen molar-refractivity contribution in [3.05, 3.63) is 23.7 Å². The summed E-state index contributed by atoms with van der Waals surface area (Å²) in [5.74, 6) is 0.576. The first-order chi connectivity index (χ1) is 9.50. The van der Waals surface area contributed by atoms with Gasteiger partial charge in [0.25, 0.3) is 5.95 Å². The molecule has 0 aliphatic rings. The van der Waals surface area contributed by atoms with Crippen LogP contribution in [0.3, 0.4) is 0 Å². The Hall–Kier alpha value is -1.74. The van der Waals surface area contributed by atoms with E-state index in [2.05, 4.69) is 25.4 Å². The summed E-state index contributed by atoms with van der Waals surface area (Å²) in [6, 6.07) is 1.72. The van der Waals surface area contributed by atoms with Gasteiger partial charge in [0.05, 0.1) is 5.75 Å². The number of aromatic nitrogens is 5. The van der Waals surface area contributed by atoms with Crippen molar-refractivity contribution < 1.29 is 8.42 Å². The second-order valence-electron chi connectivity index (χ2n) is 3.84. The topological polar surface area (TPSA) is 103 Å². The standard InChI is InChI=1S/C10H13ClN6O2S/c1-2-20(18,19)7-5-12-9-14-8(11)15-10(16-9)17-6-3-4-13-17/h3-4,6H,2,5,7H2,1H3,(H,12,14,15,16). The fourth-order valence-electron chi connectivity index (χ4n) is 1.37. The van der Waals surface area contributed by atoms with Gasteiger partial charge in [-0.2, -0.15) is 20.1 Å². The molecular formula is C10H13ClN6O2S. The fourth-order valence-corrected chi connectivity index (χ4v) is 2.23. The summed E-state index contributed by atoms with van der Waals surface area (Å²) in [5.41, 5.74) is 0. The zero-order valence-electron chi connectivity index (χ0n) is 10.7. The van der Waals surface area contributed by atoms with Crippen LogP contribution in [0, 0.1) is 0 Å². The number of anilines is 1. The Morgan fingerprint density at radius 1 is 1.35 bits per heavy atom. The highest BCUT2D eigenvalue weighted by molar-refractivity contribution is 7.91. The zero-order chi connectivity index (χ0) is 14.6. The SMILES string of the molecule is CCS(=O)(=O)CCNc1nc(Cl)nc(-n2cccn2)n1. The highest BCUT2D eigenvalue weighted by atomic mass is 35.5. The largest absolute Gasteiger partial charge is 0.353 e. The van der Waals surface area contributed by atoms with E-state index in [0.717, 1.165) is 0 Å². The van der Waals surface area contributed by atoms with Crippen molar-refractivity contribution in [2.45, 2.75) is 6.92 Å². The molecule has 8 nitrogen and oxygen atoms in total. The Kier molecular flexibility index (Phi) is 4.50. The third-order valence-corrected chi connectivity index (χ3v) is 4.32. The molecule has 2 aromatic rings. The molecule has 1 N–H and O–H groups in total. The summed E-state index contributed by atoms with van der Waals surface area (Å²) in [6.45, 7) is 1.81. The van der Waals surface area contributed by atoms with Gasteiger partial charge < -0.3 is 5.32 Å². The van der Waals surface area contributed by atoms with Gasteiger partial charge in [-0.1, -0.05) is 6.92 Å². The molecule has 2 aromatic heterocycles. The van der Waals surface area contributed by atoms with Crippen LogP contribution in [0.2, 0.25) is 5.28 Å². The molecule has 0 atom stereocenters. The molecule has 0 radical (unpaired) electrons. The second kappa shape index (κ2) is 6.14. The smallest absolute Gasteiger partial charge is 0.256 e. The Morgan fingerprint density at radius 3 is 2.80 bits per heavy atom. The van der Waals surface area contributed by atoms with Gasteiger partial charge in [-0.05, 0) is 17.7 Å². The number of rotatable bonds is 6. The molecule has 108 valence electrons. The van der Waals surface area contributed by atoms with E-state index in [0.29, 0.717) is 0 Å². The van der Waals surface area contributed by atoms with Crippen LogP contribution in [-0.4, -0.2) is 51.2 Å². The normalized spacial score (nSPS) is 11.5. The van der Waals surface area contributed by atoms with Crippen LogP contribution in [0.15, 0.2) is 18.5 Å². The molecular weight excluding hydrogens is 304 g/mol. The van der Waals surface area contributed by atoms with E-state index in [1.165, 1.54) is 4.68 Å². The van der Waals surface area contributed by atoms with E-state index in [1.54, 1.807) is 25.4 Å². The summed E-state index contributed by atoms with van der Waals surface area (Å²) < 4.78 is 24.2. The summed E-state index contributed by atoms with van der Waals surface area (Å²) >= 11 is 5.80. The molecule has 0 unspecified atom stereocenters. The minimum absolute atomic E-state index is 0.00387. The summed E-state index contributed by atoms with van der Waals surface area (Å²) in [4.78, 5) is 11.9. The average Bonchev–Trinajstić information content (AvgIpc) is 2.92. The second-order valence-corrected chi connectivity index (χ2v) is 6.65. The molecule has 10 heteroatoms. The van der Waals surface area contributed by atoms with Crippen LogP contribution in [-0.2, 0) is 9.84 Å². The maximum atomic E-state index is 11.4. The first-order valence-electron chi connectivity index (χ1n) is 5.86. The van der Waals surface area contributed by atoms with Crippen molar-refractivity contribution in [2.24, 2.45) is 0 Å². The molecule has 0 bridgehead atoms. The van der Waals surface area contributed by atoms with Crippen molar-refractivity contribution in [3.63, 3.8) is 0 Å². The number of hydrogen-bond donors (Lipinski definition) is 1. The van der Waals surface area contributed by atoms with Crippen LogP contribution in [0.1, 0.15) is 6.92 Å². The lowest BCUT2D eigenvalue weighted by molar-refractivity contribution is 0.597. The summed E-state index contributed by atoms with van der Waals surface area (Å²) in [5, 5.41) is 6.80. The first kappa shape index (κ1) is 14.7. The van der Waals surface area contributed by atoms with E-state index < -0.39 is 9.84 Å². The minimum atomic E-state index is -3.04. The zero-order valence-corrected chi connectivity index (χ0v) is 12.3. The number of nitrogens with one attached hydrogen (secondary N) is 1. The lowest BCUT2D eigenvalue weighted by atomic mass is 10.7. The van der Waals surface area contributed by atoms with Crippen molar-refractivity contribution in [1.29, 1.82) is 0 Å². The van der Waals surface area contributed by atoms with E-state index in [1.807, 2.05) is 0 Å². The average molecular weight is 317 g/mol. The predicted octanol–water partition coefficient (Wildman–Crippen LogP) is 0.557. The van der Waals surface area contributed by atoms with Crippen LogP contribution in [0.5, 0.6) is 0 Å². The molecule has 0 aliphatic heterocycles. The lowest BCUT2D eigenvalue weighted by Gasteiger charge is -2.06. The quantitative estimate of drug-likeness (QED) is 0.830. The van der Waals surface area contributed by atoms with Crippen molar-refractivity contribution in [1.82, 2.24) is 24.7 Å². The number of halogens is 1. The Labute approximate surface area is 121 Å². The van der Waals surface area contributed by atoms with Gasteiger partial charge >= 0.3 is 0 Å². The van der Waals surface area contributed by atoms with Gasteiger partial charge in [-0.25, -0.2) is 13.1 Å². The van der Waals surface area contributed by atoms with Gasteiger partial charge in [0.15, 0.2) is 9.84 Å². The van der Waals surface area contributed by atoms with Crippen LogP contribution >= 0.6 is 11.6 Å². The number of sulfone groups is 1. The highest BCUT2D eigenvalue weighted by Crippen LogP contribution is 2.08. The van der Waals surface area contributed by atoms with Gasteiger partial charge in [0, 0.05) is 24.7 Å². The van der Waals surface area contributed by atoms with Crippen LogP contribution in [0.25, 0.3) is 5.95 Å². The predicted molar refractivity (Wildman–Crippen MR) is 74.8 cm³/mol. The minimum Gasteiger partial charge on any atom is -0.353 e. The third-order valence-electron chi connectivity index (χ3n) is 2.44. The molecule has 0 aromatic carbocycles. The number of nitrogens with zero attached hydrogens (tertiary/aromatic N) is 5. The molecule has 2 rings (SSSR count). The van der Waals surface area contributed by atoms with Crippen LogP contribution in [0.4, 0.5) is 5.95 Å². The molecule has 0 saturated carbocycles. The first-order valence-corrected chi connectivity index (χ1v) is 8.06. The molecule has 0 saturated heterocycles. The maximum Gasteiger partial charge on any atom is 0.256 e. The van der Waals surface area contributed by atoms with Crippen molar-refractivity contribution in [2.75, 3.05) is 23.4 Å². The van der Waals surface area contributed by atoms with Gasteiger partial charge in [-0.3, -0.25) is 0 Å². The Balaban J connectivity index is 2.09. The van der Waals surface area contributed by atoms with Crippen molar-refractivity contribution >= 4 is 27.4 Å². The highest BCUT2D eigenvalue weighted by Gasteiger charge is 2.09. The molecule has 2 heterocycles. The summed E-state index contributed by atoms with van der Waals surface area (Å²) in [7, 11) is -3.04. The van der Waals surface area contributed by atoms with E-state index in [-0.39, 0.29) is 35.2 Å². The van der Waals surface area contributed by atoms with E-state index in [4.69, 9.17) is 11.6 Å².